The van der Waals surface area contributed by atoms with Gasteiger partial charge < -0.3 is 4.90 Å². The van der Waals surface area contributed by atoms with Gasteiger partial charge in [-0.3, -0.25) is 14.7 Å². The SMILES string of the molecule is CCN1C(=O)/C(=C\c2ccc(N(CC)CC)cc2)CCC1=NC(C)C. The topological polar surface area (TPSA) is 35.9 Å². The lowest BCUT2D eigenvalue weighted by molar-refractivity contribution is -0.124. The van der Waals surface area contributed by atoms with Gasteiger partial charge >= 0.3 is 0 Å². The van der Waals surface area contributed by atoms with Crippen LogP contribution in [0.3, 0.4) is 0 Å². The normalized spacial score (nSPS) is 18.5. The molecule has 1 aliphatic rings. The third kappa shape index (κ3) is 4.71. The van der Waals surface area contributed by atoms with Crippen LogP contribution in [-0.2, 0) is 4.79 Å². The Labute approximate surface area is 152 Å². The maximum atomic E-state index is 12.8. The highest BCUT2D eigenvalue weighted by atomic mass is 16.2. The number of likely N-dealkylation sites (N-methyl/N-ethyl adjacent to an activating group) is 1. The number of carbonyl (C=O) groups is 1. The maximum absolute atomic E-state index is 12.8. The number of benzene rings is 1. The molecule has 4 nitrogen and oxygen atoms in total. The lowest BCUT2D eigenvalue weighted by Crippen LogP contribution is -2.41. The highest BCUT2D eigenvalue weighted by Crippen LogP contribution is 2.23. The number of piperidine rings is 1. The summed E-state index contributed by atoms with van der Waals surface area (Å²) in [5.74, 6) is 1.03. The molecular weight excluding hydrogens is 310 g/mol. The van der Waals surface area contributed by atoms with Gasteiger partial charge in [-0.25, -0.2) is 0 Å². The van der Waals surface area contributed by atoms with Crippen LogP contribution in [0.2, 0.25) is 0 Å². The van der Waals surface area contributed by atoms with Crippen LogP contribution in [0.15, 0.2) is 34.8 Å². The molecule has 1 saturated heterocycles. The second-order valence-electron chi connectivity index (χ2n) is 6.62. The first kappa shape index (κ1) is 19.2. The van der Waals surface area contributed by atoms with Crippen molar-refractivity contribution in [2.24, 2.45) is 4.99 Å². The smallest absolute Gasteiger partial charge is 0.255 e. The first-order valence-corrected chi connectivity index (χ1v) is 9.44. The van der Waals surface area contributed by atoms with Crippen molar-refractivity contribution in [3.63, 3.8) is 0 Å². The van der Waals surface area contributed by atoms with Gasteiger partial charge in [0.15, 0.2) is 0 Å². The van der Waals surface area contributed by atoms with Crippen LogP contribution in [0.25, 0.3) is 6.08 Å². The quantitative estimate of drug-likeness (QED) is 0.721. The molecule has 1 heterocycles. The van der Waals surface area contributed by atoms with Crippen LogP contribution in [0.1, 0.15) is 53.0 Å². The number of hydrogen-bond donors (Lipinski definition) is 0. The van der Waals surface area contributed by atoms with Crippen molar-refractivity contribution in [2.45, 2.75) is 53.5 Å². The minimum Gasteiger partial charge on any atom is -0.372 e. The molecule has 1 aromatic rings. The number of nitrogens with zero attached hydrogens (tertiary/aromatic N) is 3. The molecule has 1 aliphatic heterocycles. The molecule has 0 spiro atoms. The second-order valence-corrected chi connectivity index (χ2v) is 6.62. The Morgan fingerprint density at radius 3 is 2.28 bits per heavy atom. The monoisotopic (exact) mass is 341 g/mol. The number of anilines is 1. The van der Waals surface area contributed by atoms with E-state index in [1.54, 1.807) is 0 Å². The van der Waals surface area contributed by atoms with E-state index in [-0.39, 0.29) is 11.9 Å². The summed E-state index contributed by atoms with van der Waals surface area (Å²) in [6, 6.07) is 8.69. The summed E-state index contributed by atoms with van der Waals surface area (Å²) in [7, 11) is 0. The number of likely N-dealkylation sites (tertiary alicyclic amines) is 1. The number of carbonyl (C=O) groups excluding carboxylic acids is 1. The first-order chi connectivity index (χ1) is 12.0. The average molecular weight is 341 g/mol. The van der Waals surface area contributed by atoms with Gasteiger partial charge in [0, 0.05) is 43.4 Å². The summed E-state index contributed by atoms with van der Waals surface area (Å²) >= 11 is 0. The predicted octanol–water partition coefficient (Wildman–Crippen LogP) is 4.37. The number of amides is 1. The molecule has 1 amide bonds. The van der Waals surface area contributed by atoms with E-state index in [4.69, 9.17) is 0 Å². The van der Waals surface area contributed by atoms with Gasteiger partial charge in [0.2, 0.25) is 0 Å². The highest BCUT2D eigenvalue weighted by Gasteiger charge is 2.27. The van der Waals surface area contributed by atoms with E-state index >= 15 is 0 Å². The van der Waals surface area contributed by atoms with Crippen molar-refractivity contribution in [1.29, 1.82) is 0 Å². The van der Waals surface area contributed by atoms with Crippen molar-refractivity contribution in [1.82, 2.24) is 4.90 Å². The minimum absolute atomic E-state index is 0.0981. The molecule has 1 fully saturated rings. The second kappa shape index (κ2) is 8.84. The molecule has 0 radical (unpaired) electrons. The molecule has 2 rings (SSSR count). The summed E-state index contributed by atoms with van der Waals surface area (Å²) in [5.41, 5.74) is 3.18. The molecule has 25 heavy (non-hydrogen) atoms. The van der Waals surface area contributed by atoms with Crippen molar-refractivity contribution >= 4 is 23.5 Å². The molecule has 0 bridgehead atoms. The molecule has 0 atom stereocenters. The van der Waals surface area contributed by atoms with Gasteiger partial charge in [0.05, 0.1) is 0 Å². The van der Waals surface area contributed by atoms with E-state index in [9.17, 15) is 4.79 Å². The predicted molar refractivity (Wildman–Crippen MR) is 107 cm³/mol. The fraction of sp³-hybridized carbons (Fsp3) is 0.524. The Bertz CT molecular complexity index is 640. The summed E-state index contributed by atoms with van der Waals surface area (Å²) in [6.45, 7) is 13.1. The zero-order valence-electron chi connectivity index (χ0n) is 16.2. The molecule has 0 unspecified atom stereocenters. The molecule has 1 aromatic carbocycles. The van der Waals surface area contributed by atoms with Crippen molar-refractivity contribution in [3.05, 3.63) is 35.4 Å². The van der Waals surface area contributed by atoms with E-state index in [1.165, 1.54) is 5.69 Å². The van der Waals surface area contributed by atoms with E-state index in [0.29, 0.717) is 6.54 Å². The fourth-order valence-electron chi connectivity index (χ4n) is 3.24. The van der Waals surface area contributed by atoms with Gasteiger partial charge in [0.1, 0.15) is 5.84 Å². The third-order valence-electron chi connectivity index (χ3n) is 4.54. The van der Waals surface area contributed by atoms with E-state index < -0.39 is 0 Å². The fourth-order valence-corrected chi connectivity index (χ4v) is 3.24. The minimum atomic E-state index is 0.0981. The molecule has 0 aromatic heterocycles. The zero-order valence-corrected chi connectivity index (χ0v) is 16.2. The number of amidine groups is 1. The van der Waals surface area contributed by atoms with Crippen molar-refractivity contribution < 1.29 is 4.79 Å². The Kier molecular flexibility index (Phi) is 6.80. The lowest BCUT2D eigenvalue weighted by Gasteiger charge is -2.29. The van der Waals surface area contributed by atoms with E-state index in [1.807, 2.05) is 31.7 Å². The van der Waals surface area contributed by atoms with Gasteiger partial charge in [-0.2, -0.15) is 0 Å². The van der Waals surface area contributed by atoms with Crippen LogP contribution in [0.5, 0.6) is 0 Å². The van der Waals surface area contributed by atoms with Crippen molar-refractivity contribution in [3.8, 4) is 0 Å². The van der Waals surface area contributed by atoms with Crippen LogP contribution in [0.4, 0.5) is 5.69 Å². The van der Waals surface area contributed by atoms with Crippen LogP contribution in [0, 0.1) is 0 Å². The maximum Gasteiger partial charge on any atom is 0.255 e. The Balaban J connectivity index is 2.20. The standard InChI is InChI=1S/C21H31N3O/c1-6-23(7-2)19-12-9-17(10-13-19)15-18-11-14-20(22-16(4)5)24(8-3)21(18)25/h9-10,12-13,15-16H,6-8,11,14H2,1-5H3/b18-15-,22-20?. The molecule has 0 saturated carbocycles. The van der Waals surface area contributed by atoms with Crippen molar-refractivity contribution in [2.75, 3.05) is 24.5 Å². The zero-order chi connectivity index (χ0) is 18.4. The van der Waals surface area contributed by atoms with E-state index in [2.05, 4.69) is 48.0 Å². The average Bonchev–Trinajstić information content (AvgIpc) is 2.59. The van der Waals surface area contributed by atoms with Gasteiger partial charge in [-0.15, -0.1) is 0 Å². The molecular formula is C21H31N3O. The highest BCUT2D eigenvalue weighted by molar-refractivity contribution is 6.11. The van der Waals surface area contributed by atoms with Gasteiger partial charge in [0.25, 0.3) is 5.91 Å². The summed E-state index contributed by atoms with van der Waals surface area (Å²) < 4.78 is 0. The summed E-state index contributed by atoms with van der Waals surface area (Å²) in [4.78, 5) is 21.5. The Hall–Kier alpha value is -2.10. The van der Waals surface area contributed by atoms with Crippen LogP contribution >= 0.6 is 0 Å². The molecule has 0 N–H and O–H groups in total. The van der Waals surface area contributed by atoms with Crippen LogP contribution < -0.4 is 4.90 Å². The molecule has 0 aliphatic carbocycles. The van der Waals surface area contributed by atoms with Crippen LogP contribution in [-0.4, -0.2) is 42.3 Å². The molecule has 136 valence electrons. The summed E-state index contributed by atoms with van der Waals surface area (Å²) in [5, 5.41) is 0. The summed E-state index contributed by atoms with van der Waals surface area (Å²) in [6.07, 6.45) is 3.63. The third-order valence-corrected chi connectivity index (χ3v) is 4.54. The number of hydrogen-bond acceptors (Lipinski definition) is 3. The lowest BCUT2D eigenvalue weighted by atomic mass is 9.99. The van der Waals surface area contributed by atoms with Gasteiger partial charge in [-0.1, -0.05) is 12.1 Å². The molecule has 4 heteroatoms. The first-order valence-electron chi connectivity index (χ1n) is 9.44. The largest absolute Gasteiger partial charge is 0.372 e. The van der Waals surface area contributed by atoms with E-state index in [0.717, 1.165) is 42.9 Å². The number of aliphatic imine (C=N–C) groups is 1. The number of rotatable bonds is 6. The Morgan fingerprint density at radius 1 is 1.12 bits per heavy atom. The van der Waals surface area contributed by atoms with Gasteiger partial charge in [-0.05, 0) is 64.8 Å². The Morgan fingerprint density at radius 2 is 1.76 bits per heavy atom.